The summed E-state index contributed by atoms with van der Waals surface area (Å²) >= 11 is 0. The average molecular weight is 235 g/mol. The van der Waals surface area contributed by atoms with Gasteiger partial charge >= 0.3 is 5.97 Å². The summed E-state index contributed by atoms with van der Waals surface area (Å²) in [5, 5.41) is 9.08. The van der Waals surface area contributed by atoms with Crippen LogP contribution < -0.4 is 4.90 Å². The second-order valence-corrected chi connectivity index (χ2v) is 3.99. The molecule has 0 spiro atoms. The molecule has 0 unspecified atom stereocenters. The highest BCUT2D eigenvalue weighted by atomic mass is 16.5. The normalized spacial score (nSPS) is 23.4. The quantitative estimate of drug-likeness (QED) is 0.787. The summed E-state index contributed by atoms with van der Waals surface area (Å²) in [5.74, 6) is -1.37. The third-order valence-electron chi connectivity index (χ3n) is 2.83. The van der Waals surface area contributed by atoms with Crippen LogP contribution in [0.15, 0.2) is 24.3 Å². The van der Waals surface area contributed by atoms with Crippen LogP contribution in [0.1, 0.15) is 5.56 Å². The Bertz CT molecular complexity index is 471. The van der Waals surface area contributed by atoms with Crippen LogP contribution in [0.2, 0.25) is 0 Å². The SMILES string of the molecule is CO[C@@H]1C(=O)N(c2cccc(C)c2)[C@H]1C(=O)O. The molecule has 0 saturated carbocycles. The third-order valence-corrected chi connectivity index (χ3v) is 2.83. The summed E-state index contributed by atoms with van der Waals surface area (Å²) in [6.07, 6.45) is -0.881. The predicted octanol–water partition coefficient (Wildman–Crippen LogP) is 0.810. The standard InChI is InChI=1S/C12H13NO4/c1-7-4-3-5-8(6-7)13-9(12(15)16)10(17-2)11(13)14/h3-6,9-10H,1-2H3,(H,15,16)/t9-,10+/m1/s1. The highest BCUT2D eigenvalue weighted by Gasteiger charge is 2.53. The second-order valence-electron chi connectivity index (χ2n) is 3.99. The Morgan fingerprint density at radius 2 is 2.18 bits per heavy atom. The Morgan fingerprint density at radius 3 is 2.71 bits per heavy atom. The molecule has 2 atom stereocenters. The molecule has 0 radical (unpaired) electrons. The van der Waals surface area contributed by atoms with E-state index in [-0.39, 0.29) is 5.91 Å². The Labute approximate surface area is 98.6 Å². The molecule has 0 aliphatic carbocycles. The molecule has 5 nitrogen and oxygen atoms in total. The Balaban J connectivity index is 2.32. The van der Waals surface area contributed by atoms with Crippen LogP contribution in [0.5, 0.6) is 0 Å². The van der Waals surface area contributed by atoms with Gasteiger partial charge in [-0.2, -0.15) is 0 Å². The maximum absolute atomic E-state index is 11.8. The van der Waals surface area contributed by atoms with E-state index in [0.29, 0.717) is 5.69 Å². The molecular weight excluding hydrogens is 222 g/mol. The lowest BCUT2D eigenvalue weighted by atomic mass is 9.96. The summed E-state index contributed by atoms with van der Waals surface area (Å²) in [6.45, 7) is 1.89. The van der Waals surface area contributed by atoms with Crippen molar-refractivity contribution >= 4 is 17.6 Å². The van der Waals surface area contributed by atoms with E-state index in [4.69, 9.17) is 9.84 Å². The first-order valence-electron chi connectivity index (χ1n) is 5.21. The number of carbonyl (C=O) groups is 2. The largest absolute Gasteiger partial charge is 0.480 e. The lowest BCUT2D eigenvalue weighted by Gasteiger charge is -2.43. The van der Waals surface area contributed by atoms with Crippen LogP contribution in [-0.2, 0) is 14.3 Å². The zero-order chi connectivity index (χ0) is 12.6. The van der Waals surface area contributed by atoms with Crippen molar-refractivity contribution in [1.82, 2.24) is 0 Å². The summed E-state index contributed by atoms with van der Waals surface area (Å²) in [7, 11) is 1.34. The van der Waals surface area contributed by atoms with E-state index in [1.807, 2.05) is 13.0 Å². The number of aliphatic carboxylic acids is 1. The van der Waals surface area contributed by atoms with Crippen molar-refractivity contribution in [1.29, 1.82) is 0 Å². The van der Waals surface area contributed by atoms with E-state index in [1.54, 1.807) is 18.2 Å². The lowest BCUT2D eigenvalue weighted by Crippen LogP contribution is -2.69. The smallest absolute Gasteiger partial charge is 0.330 e. The van der Waals surface area contributed by atoms with Crippen LogP contribution in [-0.4, -0.2) is 36.2 Å². The van der Waals surface area contributed by atoms with Gasteiger partial charge in [0.05, 0.1) is 0 Å². The molecule has 0 bridgehead atoms. The second kappa shape index (κ2) is 4.18. The fraction of sp³-hybridized carbons (Fsp3) is 0.333. The minimum Gasteiger partial charge on any atom is -0.480 e. The van der Waals surface area contributed by atoms with Gasteiger partial charge in [-0.15, -0.1) is 0 Å². The van der Waals surface area contributed by atoms with E-state index in [9.17, 15) is 9.59 Å². The third kappa shape index (κ3) is 1.78. The van der Waals surface area contributed by atoms with Gasteiger partial charge in [-0.05, 0) is 24.6 Å². The number of carboxylic acid groups (broad SMARTS) is 1. The number of β-lactam (4-membered cyclic amide) rings is 1. The minimum absolute atomic E-state index is 0.314. The zero-order valence-corrected chi connectivity index (χ0v) is 9.58. The zero-order valence-electron chi connectivity index (χ0n) is 9.58. The summed E-state index contributed by atoms with van der Waals surface area (Å²) in [4.78, 5) is 24.1. The number of anilines is 1. The molecule has 0 aromatic heterocycles. The Kier molecular flexibility index (Phi) is 2.85. The van der Waals surface area contributed by atoms with Crippen molar-refractivity contribution in [3.8, 4) is 0 Å². The van der Waals surface area contributed by atoms with Gasteiger partial charge in [0.1, 0.15) is 0 Å². The van der Waals surface area contributed by atoms with Gasteiger partial charge in [-0.1, -0.05) is 12.1 Å². The number of ether oxygens (including phenoxy) is 1. The van der Waals surface area contributed by atoms with Gasteiger partial charge in [-0.25, -0.2) is 4.79 Å². The molecule has 17 heavy (non-hydrogen) atoms. The molecule has 90 valence electrons. The molecular formula is C12H13NO4. The number of nitrogens with zero attached hydrogens (tertiary/aromatic N) is 1. The average Bonchev–Trinajstić information content (AvgIpc) is 2.26. The fourth-order valence-corrected chi connectivity index (χ4v) is 2.00. The first kappa shape index (κ1) is 11.6. The van der Waals surface area contributed by atoms with Crippen molar-refractivity contribution in [3.05, 3.63) is 29.8 Å². The Morgan fingerprint density at radius 1 is 1.47 bits per heavy atom. The highest BCUT2D eigenvalue weighted by Crippen LogP contribution is 2.30. The number of rotatable bonds is 3. The van der Waals surface area contributed by atoms with Crippen LogP contribution in [0.3, 0.4) is 0 Å². The molecule has 5 heteroatoms. The molecule has 1 saturated heterocycles. The number of carbonyl (C=O) groups excluding carboxylic acids is 1. The van der Waals surface area contributed by atoms with E-state index in [2.05, 4.69) is 0 Å². The fourth-order valence-electron chi connectivity index (χ4n) is 2.00. The van der Waals surface area contributed by atoms with E-state index >= 15 is 0 Å². The van der Waals surface area contributed by atoms with Crippen molar-refractivity contribution < 1.29 is 19.4 Å². The summed E-state index contributed by atoms with van der Waals surface area (Å²) < 4.78 is 4.88. The Hall–Kier alpha value is -1.88. The monoisotopic (exact) mass is 235 g/mol. The van der Waals surface area contributed by atoms with Crippen molar-refractivity contribution in [2.24, 2.45) is 0 Å². The first-order chi connectivity index (χ1) is 8.06. The minimum atomic E-state index is -1.06. The first-order valence-corrected chi connectivity index (χ1v) is 5.21. The molecule has 2 rings (SSSR count). The van der Waals surface area contributed by atoms with Crippen molar-refractivity contribution in [2.75, 3.05) is 12.0 Å². The van der Waals surface area contributed by atoms with Crippen molar-refractivity contribution in [3.63, 3.8) is 0 Å². The predicted molar refractivity (Wildman–Crippen MR) is 60.9 cm³/mol. The number of amides is 1. The van der Waals surface area contributed by atoms with E-state index in [0.717, 1.165) is 5.56 Å². The molecule has 1 aromatic carbocycles. The number of hydrogen-bond donors (Lipinski definition) is 1. The topological polar surface area (TPSA) is 66.8 Å². The number of carboxylic acids is 1. The van der Waals surface area contributed by atoms with E-state index in [1.165, 1.54) is 12.0 Å². The van der Waals surface area contributed by atoms with Gasteiger partial charge in [0, 0.05) is 12.8 Å². The van der Waals surface area contributed by atoms with Gasteiger partial charge in [0.15, 0.2) is 12.1 Å². The van der Waals surface area contributed by atoms with Crippen molar-refractivity contribution in [2.45, 2.75) is 19.1 Å². The molecule has 1 fully saturated rings. The van der Waals surface area contributed by atoms with Gasteiger partial charge < -0.3 is 9.84 Å². The number of hydrogen-bond acceptors (Lipinski definition) is 3. The van der Waals surface area contributed by atoms with Gasteiger partial charge in [0.25, 0.3) is 5.91 Å². The van der Waals surface area contributed by atoms with E-state index < -0.39 is 18.1 Å². The molecule has 1 amide bonds. The van der Waals surface area contributed by atoms with Gasteiger partial charge in [0.2, 0.25) is 0 Å². The van der Waals surface area contributed by atoms with Crippen LogP contribution in [0, 0.1) is 6.92 Å². The van der Waals surface area contributed by atoms with Gasteiger partial charge in [-0.3, -0.25) is 9.69 Å². The molecule has 1 heterocycles. The van der Waals surface area contributed by atoms with Crippen LogP contribution >= 0.6 is 0 Å². The molecule has 1 aliphatic rings. The number of benzene rings is 1. The van der Waals surface area contributed by atoms with Crippen LogP contribution in [0.25, 0.3) is 0 Å². The molecule has 1 aliphatic heterocycles. The maximum atomic E-state index is 11.8. The molecule has 1 aromatic rings. The number of methoxy groups -OCH3 is 1. The van der Waals surface area contributed by atoms with Crippen LogP contribution in [0.4, 0.5) is 5.69 Å². The summed E-state index contributed by atoms with van der Waals surface area (Å²) in [6, 6.07) is 6.23. The highest BCUT2D eigenvalue weighted by molar-refractivity contribution is 6.12. The maximum Gasteiger partial charge on any atom is 0.330 e. The summed E-state index contributed by atoms with van der Waals surface area (Å²) in [5.41, 5.74) is 1.57. The lowest BCUT2D eigenvalue weighted by molar-refractivity contribution is -0.155. The number of aryl methyl sites for hydroxylation is 1. The molecule has 1 N–H and O–H groups in total.